The number of fused-ring (bicyclic) bond motifs is 1. The number of hydrogen-bond donors (Lipinski definition) is 3. The molecule has 2 aromatic carbocycles. The predicted molar refractivity (Wildman–Crippen MR) is 101 cm³/mol. The Bertz CT molecular complexity index is 1000. The minimum absolute atomic E-state index is 0.209. The minimum atomic E-state index is -4.52. The molecule has 1 aromatic heterocycles. The van der Waals surface area contributed by atoms with Gasteiger partial charge in [-0.1, -0.05) is 24.3 Å². The second-order valence-corrected chi connectivity index (χ2v) is 6.85. The minimum Gasteiger partial charge on any atom is -0.507 e. The lowest BCUT2D eigenvalue weighted by atomic mass is 10.0. The summed E-state index contributed by atoms with van der Waals surface area (Å²) in [6, 6.07) is 10.6. The third kappa shape index (κ3) is 3.60. The van der Waals surface area contributed by atoms with Crippen LogP contribution in [0.4, 0.5) is 19.0 Å². The molecule has 8 heteroatoms. The fraction of sp³-hybridized carbons (Fsp3) is 0.300. The zero-order valence-electron chi connectivity index (χ0n) is 14.9. The van der Waals surface area contributed by atoms with Gasteiger partial charge in [0.2, 0.25) is 0 Å². The first-order chi connectivity index (χ1) is 13.4. The fourth-order valence-electron chi connectivity index (χ4n) is 3.49. The van der Waals surface area contributed by atoms with Gasteiger partial charge in [-0.3, -0.25) is 0 Å². The van der Waals surface area contributed by atoms with Crippen molar-refractivity contribution in [3.63, 3.8) is 0 Å². The normalized spacial score (nSPS) is 17.2. The molecule has 0 spiro atoms. The Kier molecular flexibility index (Phi) is 4.80. The maximum absolute atomic E-state index is 12.9. The number of benzene rings is 2. The molecule has 146 valence electrons. The summed E-state index contributed by atoms with van der Waals surface area (Å²) < 4.78 is 38.6. The number of hydrogen-bond acceptors (Lipinski definition) is 5. The third-order valence-corrected chi connectivity index (χ3v) is 4.95. The van der Waals surface area contributed by atoms with Crippen molar-refractivity contribution in [2.75, 3.05) is 18.4 Å². The molecule has 3 aromatic rings. The molecule has 1 fully saturated rings. The third-order valence-electron chi connectivity index (χ3n) is 4.95. The van der Waals surface area contributed by atoms with Crippen LogP contribution in [0.15, 0.2) is 42.5 Å². The summed E-state index contributed by atoms with van der Waals surface area (Å²) in [7, 11) is 0. The van der Waals surface area contributed by atoms with E-state index in [4.69, 9.17) is 0 Å². The highest BCUT2D eigenvalue weighted by atomic mass is 19.4. The first-order valence-corrected chi connectivity index (χ1v) is 9.07. The molecule has 28 heavy (non-hydrogen) atoms. The van der Waals surface area contributed by atoms with E-state index >= 15 is 0 Å². The van der Waals surface area contributed by atoms with Crippen LogP contribution in [-0.2, 0) is 6.18 Å². The van der Waals surface area contributed by atoms with E-state index < -0.39 is 17.5 Å². The van der Waals surface area contributed by atoms with Crippen molar-refractivity contribution in [3.05, 3.63) is 48.0 Å². The number of rotatable bonds is 4. The van der Waals surface area contributed by atoms with Crippen LogP contribution < -0.4 is 10.6 Å². The Morgan fingerprint density at radius 2 is 1.89 bits per heavy atom. The molecular formula is C20H19F3N4O. The van der Waals surface area contributed by atoms with Crippen molar-refractivity contribution in [1.29, 1.82) is 0 Å². The summed E-state index contributed by atoms with van der Waals surface area (Å²) in [6.45, 7) is 1.72. The number of halogens is 3. The van der Waals surface area contributed by atoms with Crippen LogP contribution in [0.3, 0.4) is 0 Å². The van der Waals surface area contributed by atoms with Crippen molar-refractivity contribution in [3.8, 4) is 17.0 Å². The van der Waals surface area contributed by atoms with Crippen LogP contribution in [0.5, 0.6) is 5.75 Å². The Balaban J connectivity index is 1.72. The lowest BCUT2D eigenvalue weighted by Gasteiger charge is -2.15. The van der Waals surface area contributed by atoms with Gasteiger partial charge in [0, 0.05) is 28.9 Å². The zero-order valence-corrected chi connectivity index (χ0v) is 14.9. The summed E-state index contributed by atoms with van der Waals surface area (Å²) in [5, 5.41) is 26.8. The number of nitrogens with zero attached hydrogens (tertiary/aromatic N) is 2. The van der Waals surface area contributed by atoms with Crippen LogP contribution in [-0.4, -0.2) is 34.4 Å². The van der Waals surface area contributed by atoms with E-state index in [2.05, 4.69) is 20.8 Å². The standard InChI is InChI=1S/C20H19F3N4O/c21-20(22,23)12-7-8-16(17(28)10-12)18-14-5-1-2-6-15(14)19(27-26-18)25-11-13-4-3-9-24-13/h1-2,5-8,10,13,24,28H,3-4,9,11H2,(H,25,27). The van der Waals surface area contributed by atoms with E-state index in [1.807, 2.05) is 24.3 Å². The van der Waals surface area contributed by atoms with Gasteiger partial charge in [0.1, 0.15) is 11.4 Å². The van der Waals surface area contributed by atoms with Crippen molar-refractivity contribution < 1.29 is 18.3 Å². The van der Waals surface area contributed by atoms with Crippen molar-refractivity contribution in [2.24, 2.45) is 0 Å². The van der Waals surface area contributed by atoms with E-state index in [1.54, 1.807) is 0 Å². The van der Waals surface area contributed by atoms with Crippen molar-refractivity contribution in [2.45, 2.75) is 25.1 Å². The zero-order chi connectivity index (χ0) is 19.7. The predicted octanol–water partition coefficient (Wildman–Crippen LogP) is 4.19. The Morgan fingerprint density at radius 3 is 2.57 bits per heavy atom. The highest BCUT2D eigenvalue weighted by molar-refractivity contribution is 6.00. The maximum Gasteiger partial charge on any atom is 0.416 e. The van der Waals surface area contributed by atoms with Gasteiger partial charge in [-0.05, 0) is 37.6 Å². The van der Waals surface area contributed by atoms with Crippen LogP contribution in [0.1, 0.15) is 18.4 Å². The quantitative estimate of drug-likeness (QED) is 0.625. The molecule has 0 radical (unpaired) electrons. The Hall–Kier alpha value is -2.87. The highest BCUT2D eigenvalue weighted by Crippen LogP contribution is 2.38. The second-order valence-electron chi connectivity index (χ2n) is 6.85. The second kappa shape index (κ2) is 7.27. The average Bonchev–Trinajstić information content (AvgIpc) is 3.19. The molecule has 2 heterocycles. The van der Waals surface area contributed by atoms with Crippen molar-refractivity contribution in [1.82, 2.24) is 15.5 Å². The number of aromatic nitrogens is 2. The topological polar surface area (TPSA) is 70.1 Å². The molecule has 1 aliphatic heterocycles. The van der Waals surface area contributed by atoms with Gasteiger partial charge >= 0.3 is 6.18 Å². The monoisotopic (exact) mass is 388 g/mol. The fourth-order valence-corrected chi connectivity index (χ4v) is 3.49. The first-order valence-electron chi connectivity index (χ1n) is 9.07. The van der Waals surface area contributed by atoms with Gasteiger partial charge < -0.3 is 15.7 Å². The summed E-state index contributed by atoms with van der Waals surface area (Å²) in [5.74, 6) is 0.129. The van der Waals surface area contributed by atoms with Gasteiger partial charge in [-0.15, -0.1) is 10.2 Å². The van der Waals surface area contributed by atoms with E-state index in [9.17, 15) is 18.3 Å². The van der Waals surface area contributed by atoms with Crippen LogP contribution in [0.25, 0.3) is 22.0 Å². The number of aromatic hydroxyl groups is 1. The molecule has 0 aliphatic carbocycles. The molecule has 4 rings (SSSR count). The first kappa shape index (κ1) is 18.5. The van der Waals surface area contributed by atoms with Gasteiger partial charge in [0.25, 0.3) is 0 Å². The molecule has 0 amide bonds. The highest BCUT2D eigenvalue weighted by Gasteiger charge is 2.31. The number of anilines is 1. The van der Waals surface area contributed by atoms with Crippen LogP contribution in [0.2, 0.25) is 0 Å². The van der Waals surface area contributed by atoms with E-state index in [1.165, 1.54) is 6.07 Å². The molecular weight excluding hydrogens is 369 g/mol. The maximum atomic E-state index is 12.9. The smallest absolute Gasteiger partial charge is 0.416 e. The van der Waals surface area contributed by atoms with E-state index in [-0.39, 0.29) is 5.56 Å². The molecule has 5 nitrogen and oxygen atoms in total. The summed E-state index contributed by atoms with van der Waals surface area (Å²) >= 11 is 0. The molecule has 1 unspecified atom stereocenters. The summed E-state index contributed by atoms with van der Waals surface area (Å²) in [4.78, 5) is 0. The Morgan fingerprint density at radius 1 is 1.11 bits per heavy atom. The van der Waals surface area contributed by atoms with Gasteiger partial charge in [0.05, 0.1) is 5.56 Å². The summed E-state index contributed by atoms with van der Waals surface area (Å²) in [5.41, 5.74) is -0.361. The molecule has 3 N–H and O–H groups in total. The molecule has 1 saturated heterocycles. The number of alkyl halides is 3. The van der Waals surface area contributed by atoms with Crippen LogP contribution in [0, 0.1) is 0 Å². The van der Waals surface area contributed by atoms with Crippen molar-refractivity contribution >= 4 is 16.6 Å². The number of phenolic OH excluding ortho intramolecular Hbond substituents is 1. The number of phenols is 1. The lowest BCUT2D eigenvalue weighted by Crippen LogP contribution is -2.29. The van der Waals surface area contributed by atoms with Gasteiger partial charge in [-0.2, -0.15) is 13.2 Å². The SMILES string of the molecule is Oc1cc(C(F)(F)F)ccc1-c1nnc(NCC2CCCN2)c2ccccc12. The molecule has 0 bridgehead atoms. The summed E-state index contributed by atoms with van der Waals surface area (Å²) in [6.07, 6.45) is -2.29. The number of nitrogens with one attached hydrogen (secondary N) is 2. The molecule has 1 aliphatic rings. The Labute approximate surface area is 159 Å². The lowest BCUT2D eigenvalue weighted by molar-refractivity contribution is -0.137. The largest absolute Gasteiger partial charge is 0.507 e. The molecule has 1 atom stereocenters. The van der Waals surface area contributed by atoms with Gasteiger partial charge in [-0.25, -0.2) is 0 Å². The molecule has 0 saturated carbocycles. The average molecular weight is 388 g/mol. The van der Waals surface area contributed by atoms with E-state index in [0.29, 0.717) is 35.6 Å². The van der Waals surface area contributed by atoms with Gasteiger partial charge in [0.15, 0.2) is 5.82 Å². The van der Waals surface area contributed by atoms with E-state index in [0.717, 1.165) is 30.8 Å². The van der Waals surface area contributed by atoms with Crippen LogP contribution >= 0.6 is 0 Å².